The Bertz CT molecular complexity index is 735. The van der Waals surface area contributed by atoms with Crippen LogP contribution in [0.2, 0.25) is 0 Å². The van der Waals surface area contributed by atoms with Gasteiger partial charge in [0.25, 0.3) is 0 Å². The Kier molecular flexibility index (Phi) is 3.97. The number of imidazole rings is 1. The van der Waals surface area contributed by atoms with E-state index in [1.807, 2.05) is 10.8 Å². The molecule has 2 aromatic heterocycles. The number of rotatable bonds is 2. The Hall–Kier alpha value is -2.20. The molecule has 0 saturated carbocycles. The molecule has 0 aliphatic carbocycles. The Balaban J connectivity index is 1.86. The number of anilines is 1. The van der Waals surface area contributed by atoms with Gasteiger partial charge >= 0.3 is 5.69 Å². The maximum absolute atomic E-state index is 11.9. The second-order valence-electron chi connectivity index (χ2n) is 4.73. The van der Waals surface area contributed by atoms with Crippen molar-refractivity contribution in [2.75, 3.05) is 11.5 Å². The first-order valence-corrected chi connectivity index (χ1v) is 7.74. The van der Waals surface area contributed by atoms with E-state index in [2.05, 4.69) is 21.8 Å². The van der Waals surface area contributed by atoms with Crippen molar-refractivity contribution in [3.8, 4) is 11.8 Å². The lowest BCUT2D eigenvalue weighted by Gasteiger charge is -2.12. The molecule has 0 radical (unpaired) electrons. The summed E-state index contributed by atoms with van der Waals surface area (Å²) in [5.41, 5.74) is 6.10. The Morgan fingerprint density at radius 3 is 3.14 bits per heavy atom. The zero-order chi connectivity index (χ0) is 14.7. The van der Waals surface area contributed by atoms with Crippen LogP contribution in [0.5, 0.6) is 0 Å². The standard InChI is InChI=1S/C14H15N5OS/c15-13-11(3-1-6-18-7-5-16-10-18)9-19(14(20)17-13)12-4-2-8-21-12/h5,7,9-10,12H,2,4,6,8H2,(H2,15,17,20)/t12-/m1/s1. The van der Waals surface area contributed by atoms with Crippen LogP contribution in [-0.2, 0) is 6.54 Å². The SMILES string of the molecule is Nc1nc(=O)n([C@H]2CCCS2)cc1C#CCn1ccnc1. The average Bonchev–Trinajstić information content (AvgIpc) is 3.14. The van der Waals surface area contributed by atoms with E-state index in [0.717, 1.165) is 18.6 Å². The molecule has 0 aromatic carbocycles. The lowest BCUT2D eigenvalue weighted by molar-refractivity contribution is 0.608. The summed E-state index contributed by atoms with van der Waals surface area (Å²) in [7, 11) is 0. The van der Waals surface area contributed by atoms with Gasteiger partial charge in [-0.1, -0.05) is 11.8 Å². The van der Waals surface area contributed by atoms with Crippen LogP contribution in [-0.4, -0.2) is 24.9 Å². The van der Waals surface area contributed by atoms with E-state index >= 15 is 0 Å². The number of aromatic nitrogens is 4. The van der Waals surface area contributed by atoms with Gasteiger partial charge in [-0.05, 0) is 18.6 Å². The molecule has 7 heteroatoms. The van der Waals surface area contributed by atoms with Gasteiger partial charge in [0.1, 0.15) is 5.82 Å². The molecule has 0 amide bonds. The van der Waals surface area contributed by atoms with Crippen LogP contribution in [0.15, 0.2) is 29.7 Å². The van der Waals surface area contributed by atoms with Crippen molar-refractivity contribution in [2.45, 2.75) is 24.8 Å². The number of hydrogen-bond acceptors (Lipinski definition) is 5. The van der Waals surface area contributed by atoms with Crippen LogP contribution in [0.1, 0.15) is 23.8 Å². The van der Waals surface area contributed by atoms with Crippen molar-refractivity contribution in [2.24, 2.45) is 0 Å². The summed E-state index contributed by atoms with van der Waals surface area (Å²) in [5, 5.41) is 0.153. The van der Waals surface area contributed by atoms with Gasteiger partial charge in [-0.15, -0.1) is 11.8 Å². The van der Waals surface area contributed by atoms with Gasteiger partial charge in [0.15, 0.2) is 0 Å². The summed E-state index contributed by atoms with van der Waals surface area (Å²) in [6.45, 7) is 0.525. The number of nitrogen functional groups attached to an aromatic ring is 1. The molecule has 21 heavy (non-hydrogen) atoms. The highest BCUT2D eigenvalue weighted by atomic mass is 32.2. The normalized spacial score (nSPS) is 17.4. The summed E-state index contributed by atoms with van der Waals surface area (Å²) in [6.07, 6.45) is 9.08. The van der Waals surface area contributed by atoms with Crippen LogP contribution in [0.4, 0.5) is 5.82 Å². The number of thioether (sulfide) groups is 1. The topological polar surface area (TPSA) is 78.7 Å². The molecule has 2 aromatic rings. The van der Waals surface area contributed by atoms with E-state index in [4.69, 9.17) is 5.73 Å². The van der Waals surface area contributed by atoms with Crippen LogP contribution >= 0.6 is 11.8 Å². The number of nitrogens with zero attached hydrogens (tertiary/aromatic N) is 4. The Morgan fingerprint density at radius 2 is 2.43 bits per heavy atom. The molecule has 6 nitrogen and oxygen atoms in total. The van der Waals surface area contributed by atoms with Crippen LogP contribution in [0.3, 0.4) is 0 Å². The Labute approximate surface area is 126 Å². The van der Waals surface area contributed by atoms with Gasteiger partial charge in [-0.25, -0.2) is 9.78 Å². The predicted octanol–water partition coefficient (Wildman–Crippen LogP) is 1.10. The zero-order valence-corrected chi connectivity index (χ0v) is 12.2. The van der Waals surface area contributed by atoms with E-state index in [1.165, 1.54) is 0 Å². The first-order valence-electron chi connectivity index (χ1n) is 6.69. The van der Waals surface area contributed by atoms with Crippen molar-refractivity contribution >= 4 is 17.6 Å². The zero-order valence-electron chi connectivity index (χ0n) is 11.4. The smallest absolute Gasteiger partial charge is 0.350 e. The van der Waals surface area contributed by atoms with Gasteiger partial charge in [0, 0.05) is 18.6 Å². The molecular weight excluding hydrogens is 286 g/mol. The average molecular weight is 301 g/mol. The van der Waals surface area contributed by atoms with Crippen molar-refractivity contribution in [1.82, 2.24) is 19.1 Å². The maximum atomic E-state index is 11.9. The van der Waals surface area contributed by atoms with E-state index in [-0.39, 0.29) is 16.9 Å². The molecule has 2 N–H and O–H groups in total. The van der Waals surface area contributed by atoms with Crippen molar-refractivity contribution in [1.29, 1.82) is 0 Å². The molecule has 0 bridgehead atoms. The Morgan fingerprint density at radius 1 is 1.52 bits per heavy atom. The van der Waals surface area contributed by atoms with Gasteiger partial charge in [0.2, 0.25) is 0 Å². The molecule has 0 unspecified atom stereocenters. The molecule has 1 fully saturated rings. The summed E-state index contributed by atoms with van der Waals surface area (Å²) < 4.78 is 3.51. The van der Waals surface area contributed by atoms with Crippen LogP contribution in [0.25, 0.3) is 0 Å². The number of hydrogen-bond donors (Lipinski definition) is 1. The fraction of sp³-hybridized carbons (Fsp3) is 0.357. The third-order valence-electron chi connectivity index (χ3n) is 3.24. The first-order chi connectivity index (χ1) is 10.2. The molecule has 1 aliphatic rings. The second kappa shape index (κ2) is 6.06. The van der Waals surface area contributed by atoms with Crippen molar-refractivity contribution in [3.05, 3.63) is 41.0 Å². The molecule has 1 aliphatic heterocycles. The quantitative estimate of drug-likeness (QED) is 0.840. The molecule has 3 heterocycles. The van der Waals surface area contributed by atoms with E-state index in [9.17, 15) is 4.79 Å². The maximum Gasteiger partial charge on any atom is 0.350 e. The monoisotopic (exact) mass is 301 g/mol. The molecule has 108 valence electrons. The largest absolute Gasteiger partial charge is 0.382 e. The van der Waals surface area contributed by atoms with E-state index < -0.39 is 0 Å². The lowest BCUT2D eigenvalue weighted by atomic mass is 10.3. The molecule has 0 spiro atoms. The predicted molar refractivity (Wildman–Crippen MR) is 82.7 cm³/mol. The summed E-state index contributed by atoms with van der Waals surface area (Å²) in [4.78, 5) is 19.8. The first kappa shape index (κ1) is 13.8. The van der Waals surface area contributed by atoms with E-state index in [1.54, 1.807) is 35.0 Å². The minimum absolute atomic E-state index is 0.153. The van der Waals surface area contributed by atoms with E-state index in [0.29, 0.717) is 12.1 Å². The highest BCUT2D eigenvalue weighted by molar-refractivity contribution is 7.99. The summed E-state index contributed by atoms with van der Waals surface area (Å²) >= 11 is 1.77. The third-order valence-corrected chi connectivity index (χ3v) is 4.61. The minimum atomic E-state index is -0.299. The number of nitrogens with two attached hydrogens (primary N) is 1. The summed E-state index contributed by atoms with van der Waals surface area (Å²) in [5.74, 6) is 7.26. The van der Waals surface area contributed by atoms with Crippen molar-refractivity contribution in [3.63, 3.8) is 0 Å². The highest BCUT2D eigenvalue weighted by Gasteiger charge is 2.19. The molecular formula is C14H15N5OS. The highest BCUT2D eigenvalue weighted by Crippen LogP contribution is 2.34. The lowest BCUT2D eigenvalue weighted by Crippen LogP contribution is -2.26. The van der Waals surface area contributed by atoms with Crippen LogP contribution in [0, 0.1) is 11.8 Å². The fourth-order valence-corrected chi connectivity index (χ4v) is 3.42. The van der Waals surface area contributed by atoms with Crippen molar-refractivity contribution < 1.29 is 0 Å². The van der Waals surface area contributed by atoms with Gasteiger partial charge in [-0.3, -0.25) is 4.57 Å². The molecule has 1 saturated heterocycles. The third kappa shape index (κ3) is 3.11. The minimum Gasteiger partial charge on any atom is -0.382 e. The van der Waals surface area contributed by atoms with Gasteiger partial charge < -0.3 is 10.3 Å². The van der Waals surface area contributed by atoms with Crippen LogP contribution < -0.4 is 11.4 Å². The fourth-order valence-electron chi connectivity index (χ4n) is 2.17. The second-order valence-corrected chi connectivity index (χ2v) is 6.02. The van der Waals surface area contributed by atoms with Gasteiger partial charge in [0.05, 0.1) is 23.8 Å². The summed E-state index contributed by atoms with van der Waals surface area (Å²) in [6, 6.07) is 0. The van der Waals surface area contributed by atoms with Gasteiger partial charge in [-0.2, -0.15) is 4.98 Å². The molecule has 1 atom stereocenters. The molecule has 3 rings (SSSR count).